The molecule has 1 aliphatic heterocycles. The van der Waals surface area contributed by atoms with Crippen LogP contribution >= 0.6 is 0 Å². The highest BCUT2D eigenvalue weighted by Gasteiger charge is 2.60. The molecule has 1 fully saturated rings. The van der Waals surface area contributed by atoms with E-state index >= 15 is 0 Å². The largest absolute Gasteiger partial charge is 0.514 e. The first-order valence-corrected chi connectivity index (χ1v) is 12.0. The average Bonchev–Trinajstić information content (AvgIpc) is 2.73. The number of amides is 1. The molecule has 0 bridgehead atoms. The highest BCUT2D eigenvalue weighted by atomic mass is 28.4. The second kappa shape index (κ2) is 7.06. The molecule has 1 amide bonds. The Morgan fingerprint density at radius 2 is 1.75 bits per heavy atom. The second-order valence-electron chi connectivity index (χ2n) is 9.55. The molecule has 0 spiro atoms. The zero-order valence-corrected chi connectivity index (χ0v) is 18.1. The quantitative estimate of drug-likeness (QED) is 0.580. The maximum atomic E-state index is 12.3. The third-order valence-corrected chi connectivity index (χ3v) is 10.5. The molecule has 5 nitrogen and oxygen atoms in total. The topological polar surface area (TPSA) is 55.8 Å². The second-order valence-corrected chi connectivity index (χ2v) is 14.3. The fourth-order valence-corrected chi connectivity index (χ4v) is 4.86. The van der Waals surface area contributed by atoms with Crippen LogP contribution in [0.1, 0.15) is 54.9 Å². The van der Waals surface area contributed by atoms with Gasteiger partial charge in [-0.1, -0.05) is 20.8 Å². The van der Waals surface area contributed by atoms with E-state index in [0.29, 0.717) is 19.8 Å². The van der Waals surface area contributed by atoms with E-state index in [1.165, 1.54) is 0 Å². The molecule has 3 atom stereocenters. The molecule has 0 aromatic carbocycles. The molecular weight excluding hydrogens is 322 g/mol. The summed E-state index contributed by atoms with van der Waals surface area (Å²) in [6.45, 7) is 20.7. The Morgan fingerprint density at radius 3 is 2.12 bits per heavy atom. The highest BCUT2D eigenvalue weighted by Crippen LogP contribution is 2.43. The molecule has 1 aliphatic rings. The summed E-state index contributed by atoms with van der Waals surface area (Å²) >= 11 is 0. The van der Waals surface area contributed by atoms with Crippen molar-refractivity contribution in [2.45, 2.75) is 90.7 Å². The Morgan fingerprint density at radius 1 is 1.21 bits per heavy atom. The van der Waals surface area contributed by atoms with Gasteiger partial charge in [-0.25, -0.2) is 4.48 Å². The minimum atomic E-state index is -1.93. The van der Waals surface area contributed by atoms with Gasteiger partial charge in [0.2, 0.25) is 0 Å². The summed E-state index contributed by atoms with van der Waals surface area (Å²) < 4.78 is 12.2. The van der Waals surface area contributed by atoms with Gasteiger partial charge in [0.1, 0.15) is 24.2 Å². The molecule has 1 rings (SSSR count). The van der Waals surface area contributed by atoms with E-state index in [9.17, 15) is 9.90 Å². The van der Waals surface area contributed by atoms with E-state index in [0.717, 1.165) is 6.42 Å². The number of ether oxygens (including phenoxy) is 1. The molecule has 24 heavy (non-hydrogen) atoms. The molecule has 1 unspecified atom stereocenters. The molecular formula is C18H38NO4Si+. The van der Waals surface area contributed by atoms with E-state index in [-0.39, 0.29) is 21.7 Å². The standard InChI is InChI=1S/C18H37NO4Si/c1-10-22-13-14-11-15(23-24(8,9)18(5,6)7)12-19(14,16(20)21)17(2,3)4/h14-15H,10-13H2,1-9H3/p+1/t14-,15+,19?/m1/s1. The minimum Gasteiger partial charge on any atom is -0.435 e. The molecule has 142 valence electrons. The van der Waals surface area contributed by atoms with Crippen LogP contribution in [0.3, 0.4) is 0 Å². The number of rotatable bonds is 5. The van der Waals surface area contributed by atoms with Gasteiger partial charge < -0.3 is 14.3 Å². The zero-order valence-electron chi connectivity index (χ0n) is 17.1. The summed E-state index contributed by atoms with van der Waals surface area (Å²) in [6, 6.07) is -0.0720. The van der Waals surface area contributed by atoms with Crippen molar-refractivity contribution in [3.63, 3.8) is 0 Å². The Bertz CT molecular complexity index is 453. The normalized spacial score (nSPS) is 29.0. The summed E-state index contributed by atoms with van der Waals surface area (Å²) in [4.78, 5) is 12.3. The molecule has 0 saturated carbocycles. The Hall–Kier alpha value is -0.433. The zero-order chi connectivity index (χ0) is 19.0. The van der Waals surface area contributed by atoms with Crippen LogP contribution in [0, 0.1) is 0 Å². The van der Waals surface area contributed by atoms with Crippen LogP contribution in [0.5, 0.6) is 0 Å². The van der Waals surface area contributed by atoms with Crippen LogP contribution < -0.4 is 0 Å². The fourth-order valence-electron chi connectivity index (χ4n) is 3.50. The molecule has 0 aromatic heterocycles. The summed E-state index contributed by atoms with van der Waals surface area (Å²) in [7, 11) is -1.93. The van der Waals surface area contributed by atoms with Crippen LogP contribution in [0.25, 0.3) is 0 Å². The lowest BCUT2D eigenvalue weighted by atomic mass is 10.00. The highest BCUT2D eigenvalue weighted by molar-refractivity contribution is 6.74. The Labute approximate surface area is 149 Å². The third-order valence-electron chi connectivity index (χ3n) is 5.97. The number of carbonyl (C=O) groups is 1. The molecule has 1 saturated heterocycles. The van der Waals surface area contributed by atoms with Gasteiger partial charge in [-0.05, 0) is 45.8 Å². The third kappa shape index (κ3) is 4.03. The van der Waals surface area contributed by atoms with Gasteiger partial charge in [-0.2, -0.15) is 4.79 Å². The lowest BCUT2D eigenvalue weighted by molar-refractivity contribution is -0.916. The van der Waals surface area contributed by atoms with Crippen LogP contribution in [-0.4, -0.2) is 61.4 Å². The van der Waals surface area contributed by atoms with Crippen molar-refractivity contribution in [2.24, 2.45) is 0 Å². The van der Waals surface area contributed by atoms with Crippen LogP contribution in [0.2, 0.25) is 18.1 Å². The van der Waals surface area contributed by atoms with Gasteiger partial charge in [-0.3, -0.25) is 0 Å². The van der Waals surface area contributed by atoms with Gasteiger partial charge in [0.25, 0.3) is 0 Å². The van der Waals surface area contributed by atoms with Gasteiger partial charge in [-0.15, -0.1) is 0 Å². The van der Waals surface area contributed by atoms with Crippen LogP contribution in [-0.2, 0) is 9.16 Å². The van der Waals surface area contributed by atoms with Crippen molar-refractivity contribution in [1.29, 1.82) is 0 Å². The van der Waals surface area contributed by atoms with Crippen molar-refractivity contribution in [2.75, 3.05) is 19.8 Å². The van der Waals surface area contributed by atoms with E-state index < -0.39 is 19.9 Å². The average molecular weight is 361 g/mol. The summed E-state index contributed by atoms with van der Waals surface area (Å²) in [5.41, 5.74) is -0.404. The summed E-state index contributed by atoms with van der Waals surface area (Å²) in [5.74, 6) is 0. The molecule has 0 radical (unpaired) electrons. The van der Waals surface area contributed by atoms with Crippen molar-refractivity contribution in [3.05, 3.63) is 0 Å². The van der Waals surface area contributed by atoms with Crippen LogP contribution in [0.4, 0.5) is 4.79 Å². The first-order chi connectivity index (χ1) is 10.7. The predicted molar refractivity (Wildman–Crippen MR) is 99.9 cm³/mol. The SMILES string of the molecule is CCOC[C@H]1C[C@H](O[Si](C)(C)C(C)(C)C)C[N+]1(C(=O)O)C(C)(C)C. The monoisotopic (exact) mass is 360 g/mol. The van der Waals surface area contributed by atoms with Gasteiger partial charge in [0.15, 0.2) is 8.32 Å². The first kappa shape index (κ1) is 21.6. The van der Waals surface area contributed by atoms with Gasteiger partial charge >= 0.3 is 6.09 Å². The molecule has 0 aromatic rings. The smallest absolute Gasteiger partial charge is 0.435 e. The Kier molecular flexibility index (Phi) is 6.35. The van der Waals surface area contributed by atoms with Crippen molar-refractivity contribution < 1.29 is 23.5 Å². The van der Waals surface area contributed by atoms with Crippen LogP contribution in [0.15, 0.2) is 0 Å². The number of hydrogen-bond donors (Lipinski definition) is 1. The number of nitrogens with zero attached hydrogens (tertiary/aromatic N) is 1. The Balaban J connectivity index is 3.13. The first-order valence-electron chi connectivity index (χ1n) is 9.06. The van der Waals surface area contributed by atoms with E-state index in [2.05, 4.69) is 33.9 Å². The molecule has 1 N–H and O–H groups in total. The number of carboxylic acid groups (broad SMARTS) is 1. The number of quaternary nitrogens is 1. The van der Waals surface area contributed by atoms with E-state index in [1.807, 2.05) is 27.7 Å². The molecule has 0 aliphatic carbocycles. The van der Waals surface area contributed by atoms with Gasteiger partial charge in [0.05, 0.1) is 6.61 Å². The van der Waals surface area contributed by atoms with Crippen molar-refractivity contribution in [1.82, 2.24) is 0 Å². The lowest BCUT2D eigenvalue weighted by Gasteiger charge is -2.45. The van der Waals surface area contributed by atoms with Gasteiger partial charge in [0, 0.05) is 13.0 Å². The maximum Gasteiger partial charge on any atom is 0.514 e. The molecule has 6 heteroatoms. The summed E-state index contributed by atoms with van der Waals surface area (Å²) in [6.07, 6.45) is -0.0454. The predicted octanol–water partition coefficient (Wildman–Crippen LogP) is 4.48. The number of hydrogen-bond acceptors (Lipinski definition) is 3. The minimum absolute atomic E-state index is 0.0201. The number of likely N-dealkylation sites (tertiary alicyclic amines) is 1. The van der Waals surface area contributed by atoms with E-state index in [4.69, 9.17) is 9.16 Å². The lowest BCUT2D eigenvalue weighted by Crippen LogP contribution is -2.67. The maximum absolute atomic E-state index is 12.3. The van der Waals surface area contributed by atoms with Crippen molar-refractivity contribution >= 4 is 14.4 Å². The fraction of sp³-hybridized carbons (Fsp3) is 0.944. The van der Waals surface area contributed by atoms with Crippen molar-refractivity contribution in [3.8, 4) is 0 Å². The van der Waals surface area contributed by atoms with E-state index in [1.54, 1.807) is 0 Å². The summed E-state index contributed by atoms with van der Waals surface area (Å²) in [5, 5.41) is 10.2. The molecule has 1 heterocycles.